The first-order chi connectivity index (χ1) is 15.4. The molecule has 3 N–H and O–H groups in total. The Morgan fingerprint density at radius 3 is 2.75 bits per heavy atom. The van der Waals surface area contributed by atoms with E-state index in [2.05, 4.69) is 36.5 Å². The van der Waals surface area contributed by atoms with Gasteiger partial charge in [0.15, 0.2) is 11.7 Å². The number of rotatable bonds is 5. The monoisotopic (exact) mass is 528 g/mol. The van der Waals surface area contributed by atoms with Crippen LogP contribution >= 0.6 is 39.7 Å². The first kappa shape index (κ1) is 22.3. The highest BCUT2D eigenvalue weighted by Crippen LogP contribution is 2.26. The number of imidazole rings is 1. The molecule has 1 aromatic heterocycles. The maximum Gasteiger partial charge on any atom is 0.264 e. The summed E-state index contributed by atoms with van der Waals surface area (Å²) in [5.74, 6) is 0.950. The van der Waals surface area contributed by atoms with Gasteiger partial charge in [-0.25, -0.2) is 4.98 Å². The Morgan fingerprint density at radius 1 is 1.19 bits per heavy atom. The molecule has 3 aromatic carbocycles. The number of amides is 1. The van der Waals surface area contributed by atoms with Gasteiger partial charge in [-0.3, -0.25) is 10.1 Å². The van der Waals surface area contributed by atoms with Crippen LogP contribution in [0, 0.1) is 6.92 Å². The number of benzene rings is 3. The second kappa shape index (κ2) is 9.68. The maximum absolute atomic E-state index is 12.1. The minimum absolute atomic E-state index is 0.148. The van der Waals surface area contributed by atoms with E-state index in [1.165, 1.54) is 0 Å². The van der Waals surface area contributed by atoms with Gasteiger partial charge in [0, 0.05) is 20.7 Å². The van der Waals surface area contributed by atoms with E-state index < -0.39 is 0 Å². The van der Waals surface area contributed by atoms with Crippen LogP contribution in [0.1, 0.15) is 5.56 Å². The molecular weight excluding hydrogens is 512 g/mol. The second-order valence-corrected chi connectivity index (χ2v) is 8.76. The quantitative estimate of drug-likeness (QED) is 0.283. The molecule has 9 heteroatoms. The fraction of sp³-hybridized carbons (Fsp3) is 0.0870. The van der Waals surface area contributed by atoms with Crippen LogP contribution in [-0.4, -0.2) is 27.6 Å². The van der Waals surface area contributed by atoms with Gasteiger partial charge >= 0.3 is 0 Å². The summed E-state index contributed by atoms with van der Waals surface area (Å²) in [4.78, 5) is 20.1. The van der Waals surface area contributed by atoms with E-state index in [1.54, 1.807) is 12.1 Å². The highest BCUT2D eigenvalue weighted by atomic mass is 79.9. The van der Waals surface area contributed by atoms with Crippen molar-refractivity contribution in [2.75, 3.05) is 11.9 Å². The van der Waals surface area contributed by atoms with Crippen molar-refractivity contribution in [3.63, 3.8) is 0 Å². The van der Waals surface area contributed by atoms with Gasteiger partial charge in [-0.2, -0.15) is 0 Å². The van der Waals surface area contributed by atoms with Crippen LogP contribution in [0.3, 0.4) is 0 Å². The van der Waals surface area contributed by atoms with Crippen LogP contribution < -0.4 is 15.4 Å². The lowest BCUT2D eigenvalue weighted by molar-refractivity contribution is -0.121. The number of hydrogen-bond acceptors (Lipinski definition) is 4. The highest BCUT2D eigenvalue weighted by Gasteiger charge is 2.10. The number of fused-ring (bicyclic) bond motifs is 1. The van der Waals surface area contributed by atoms with Crippen molar-refractivity contribution in [1.82, 2.24) is 15.3 Å². The molecule has 0 radical (unpaired) electrons. The Kier molecular flexibility index (Phi) is 6.74. The maximum atomic E-state index is 12.1. The standard InChI is InChI=1S/C23H18BrClN4O2S/c1-13-9-19-20(11-18(13)25)28-22(27-19)14-3-2-4-16(10-14)26-23(32)29-21(30)12-31-17-7-5-15(24)6-8-17/h2-11H,12H2,1H3,(H,27,28)(H2,26,29,30,32). The molecule has 4 aromatic rings. The topological polar surface area (TPSA) is 79.0 Å². The number of carbonyl (C=O) groups is 1. The van der Waals surface area contributed by atoms with Crippen molar-refractivity contribution < 1.29 is 9.53 Å². The van der Waals surface area contributed by atoms with E-state index in [-0.39, 0.29) is 17.6 Å². The number of carbonyl (C=O) groups excluding carboxylic acids is 1. The van der Waals surface area contributed by atoms with Crippen LogP contribution in [-0.2, 0) is 4.79 Å². The van der Waals surface area contributed by atoms with Gasteiger partial charge < -0.3 is 15.0 Å². The number of hydrogen-bond donors (Lipinski definition) is 3. The number of H-pyrrole nitrogens is 1. The van der Waals surface area contributed by atoms with E-state index in [1.807, 2.05) is 55.5 Å². The van der Waals surface area contributed by atoms with Gasteiger partial charge in [-0.05, 0) is 73.2 Å². The Labute approximate surface area is 203 Å². The predicted molar refractivity (Wildman–Crippen MR) is 135 cm³/mol. The van der Waals surface area contributed by atoms with Crippen molar-refractivity contribution in [2.45, 2.75) is 6.92 Å². The lowest BCUT2D eigenvalue weighted by Gasteiger charge is -2.11. The van der Waals surface area contributed by atoms with Crippen LogP contribution in [0.5, 0.6) is 5.75 Å². The van der Waals surface area contributed by atoms with E-state index in [9.17, 15) is 4.79 Å². The molecule has 4 rings (SSSR count). The molecule has 0 aliphatic heterocycles. The summed E-state index contributed by atoms with van der Waals surface area (Å²) in [5, 5.41) is 6.48. The zero-order chi connectivity index (χ0) is 22.7. The van der Waals surface area contributed by atoms with Crippen LogP contribution in [0.25, 0.3) is 22.4 Å². The number of aryl methyl sites for hydroxylation is 1. The summed E-state index contributed by atoms with van der Waals surface area (Å²) in [7, 11) is 0. The molecule has 0 unspecified atom stereocenters. The Hall–Kier alpha value is -2.94. The number of anilines is 1. The molecule has 0 spiro atoms. The van der Waals surface area contributed by atoms with Gasteiger partial charge in [-0.15, -0.1) is 0 Å². The molecule has 0 aliphatic rings. The third-order valence-corrected chi connectivity index (χ3v) is 5.73. The molecule has 1 amide bonds. The van der Waals surface area contributed by atoms with Crippen molar-refractivity contribution in [3.05, 3.63) is 75.7 Å². The third kappa shape index (κ3) is 5.45. The summed E-state index contributed by atoms with van der Waals surface area (Å²) in [6, 6.07) is 18.6. The van der Waals surface area contributed by atoms with E-state index in [4.69, 9.17) is 28.6 Å². The molecule has 6 nitrogen and oxygen atoms in total. The van der Waals surface area contributed by atoms with Gasteiger partial charge in [0.25, 0.3) is 5.91 Å². The molecule has 0 atom stereocenters. The fourth-order valence-corrected chi connectivity index (χ4v) is 3.68. The van der Waals surface area contributed by atoms with Crippen molar-refractivity contribution in [1.29, 1.82) is 0 Å². The van der Waals surface area contributed by atoms with Gasteiger partial charge in [0.05, 0.1) is 11.0 Å². The Morgan fingerprint density at radius 2 is 1.97 bits per heavy atom. The van der Waals surface area contributed by atoms with Crippen molar-refractivity contribution >= 4 is 67.5 Å². The van der Waals surface area contributed by atoms with Crippen LogP contribution in [0.2, 0.25) is 5.02 Å². The number of nitrogens with one attached hydrogen (secondary N) is 3. The summed E-state index contributed by atoms with van der Waals surface area (Å²) >= 11 is 14.8. The first-order valence-corrected chi connectivity index (χ1v) is 11.2. The van der Waals surface area contributed by atoms with Crippen LogP contribution in [0.4, 0.5) is 5.69 Å². The number of ether oxygens (including phenoxy) is 1. The SMILES string of the molecule is Cc1cc2[nH]c(-c3cccc(NC(=S)NC(=O)COc4ccc(Br)cc4)c3)nc2cc1Cl. The summed E-state index contributed by atoms with van der Waals surface area (Å²) in [5.41, 5.74) is 4.27. The molecule has 0 fully saturated rings. The molecule has 0 bridgehead atoms. The lowest BCUT2D eigenvalue weighted by atomic mass is 10.2. The number of aromatic amines is 1. The zero-order valence-electron chi connectivity index (χ0n) is 16.9. The number of aromatic nitrogens is 2. The largest absolute Gasteiger partial charge is 0.484 e. The molecule has 32 heavy (non-hydrogen) atoms. The van der Waals surface area contributed by atoms with Gasteiger partial charge in [0.2, 0.25) is 0 Å². The zero-order valence-corrected chi connectivity index (χ0v) is 20.1. The van der Waals surface area contributed by atoms with Crippen LogP contribution in [0.15, 0.2) is 65.1 Å². The summed E-state index contributed by atoms with van der Waals surface area (Å²) in [6.07, 6.45) is 0. The fourth-order valence-electron chi connectivity index (χ4n) is 3.03. The average Bonchev–Trinajstić information content (AvgIpc) is 3.16. The third-order valence-electron chi connectivity index (χ3n) is 4.59. The molecule has 1 heterocycles. The van der Waals surface area contributed by atoms with Gasteiger partial charge in [-0.1, -0.05) is 39.7 Å². The Bertz CT molecular complexity index is 1270. The number of halogens is 2. The minimum atomic E-state index is -0.355. The Balaban J connectivity index is 1.38. The van der Waals surface area contributed by atoms with E-state index in [0.29, 0.717) is 16.6 Å². The number of nitrogens with zero attached hydrogens (tertiary/aromatic N) is 1. The lowest BCUT2D eigenvalue weighted by Crippen LogP contribution is -2.37. The van der Waals surface area contributed by atoms with E-state index in [0.717, 1.165) is 32.3 Å². The van der Waals surface area contributed by atoms with Crippen molar-refractivity contribution in [3.8, 4) is 17.1 Å². The molecule has 0 saturated heterocycles. The first-order valence-electron chi connectivity index (χ1n) is 9.63. The highest BCUT2D eigenvalue weighted by molar-refractivity contribution is 9.10. The predicted octanol–water partition coefficient (Wildman–Crippen LogP) is 5.85. The molecule has 162 valence electrons. The second-order valence-electron chi connectivity index (χ2n) is 7.03. The summed E-state index contributed by atoms with van der Waals surface area (Å²) < 4.78 is 6.39. The average molecular weight is 530 g/mol. The van der Waals surface area contributed by atoms with E-state index >= 15 is 0 Å². The normalized spacial score (nSPS) is 10.7. The van der Waals surface area contributed by atoms with Gasteiger partial charge in [0.1, 0.15) is 11.6 Å². The molecule has 0 saturated carbocycles. The van der Waals surface area contributed by atoms with Crippen molar-refractivity contribution in [2.24, 2.45) is 0 Å². The molecule has 0 aliphatic carbocycles. The minimum Gasteiger partial charge on any atom is -0.484 e. The number of thiocarbonyl (C=S) groups is 1. The summed E-state index contributed by atoms with van der Waals surface area (Å²) in [6.45, 7) is 1.80. The molecular formula is C23H18BrClN4O2S. The smallest absolute Gasteiger partial charge is 0.264 e.